The molecule has 7 nitrogen and oxygen atoms in total. The second kappa shape index (κ2) is 12.3. The molecule has 1 aromatic heterocycles. The number of sulfone groups is 1. The van der Waals surface area contributed by atoms with Gasteiger partial charge in [0.2, 0.25) is 0 Å². The maximum atomic E-state index is 13.7. The van der Waals surface area contributed by atoms with Crippen molar-refractivity contribution in [1.29, 1.82) is 0 Å². The highest BCUT2D eigenvalue weighted by Gasteiger charge is 2.17. The van der Waals surface area contributed by atoms with Crippen molar-refractivity contribution in [2.24, 2.45) is 4.99 Å². The van der Waals surface area contributed by atoms with Crippen molar-refractivity contribution in [1.82, 2.24) is 15.5 Å². The fourth-order valence-electron chi connectivity index (χ4n) is 2.88. The maximum Gasteiger partial charge on any atom is 0.191 e. The van der Waals surface area contributed by atoms with Gasteiger partial charge in [-0.3, -0.25) is 4.90 Å². The summed E-state index contributed by atoms with van der Waals surface area (Å²) in [6.45, 7) is 3.31. The van der Waals surface area contributed by atoms with E-state index in [1.54, 1.807) is 6.26 Å². The molecule has 0 aliphatic rings. The number of nitrogens with one attached hydrogen (secondary N) is 2. The van der Waals surface area contributed by atoms with E-state index < -0.39 is 15.7 Å². The van der Waals surface area contributed by atoms with E-state index in [0.29, 0.717) is 30.2 Å². The van der Waals surface area contributed by atoms with Crippen molar-refractivity contribution in [2.75, 3.05) is 33.4 Å². The molecule has 2 N–H and O–H groups in total. The van der Waals surface area contributed by atoms with Gasteiger partial charge in [0.15, 0.2) is 15.8 Å². The standard InChI is InChI=1S/C20H29FN4O3S.HI/c1-5-22-20(24-13-18(25(2)3)19-7-6-10-28-19)23-12-16-11-17(21)9-8-15(16)14-29(4,26)27;/h6-11,18H,5,12-14H2,1-4H3,(H2,22,23,24);1H. The largest absolute Gasteiger partial charge is 0.468 e. The molecule has 0 fully saturated rings. The number of furan rings is 1. The van der Waals surface area contributed by atoms with Crippen LogP contribution >= 0.6 is 24.0 Å². The van der Waals surface area contributed by atoms with Crippen LogP contribution in [0.25, 0.3) is 0 Å². The molecule has 0 spiro atoms. The Balaban J connectivity index is 0.00000450. The number of hydrogen-bond acceptors (Lipinski definition) is 5. The van der Waals surface area contributed by atoms with Crippen LogP contribution in [-0.4, -0.2) is 52.7 Å². The first-order chi connectivity index (χ1) is 13.7. The van der Waals surface area contributed by atoms with Crippen LogP contribution in [0.2, 0.25) is 0 Å². The first-order valence-corrected chi connectivity index (χ1v) is 11.4. The summed E-state index contributed by atoms with van der Waals surface area (Å²) in [6.07, 6.45) is 2.80. The van der Waals surface area contributed by atoms with Crippen LogP contribution in [0.15, 0.2) is 46.0 Å². The molecular weight excluding hydrogens is 522 g/mol. The summed E-state index contributed by atoms with van der Waals surface area (Å²) >= 11 is 0. The maximum absolute atomic E-state index is 13.7. The van der Waals surface area contributed by atoms with E-state index in [1.807, 2.05) is 38.1 Å². The van der Waals surface area contributed by atoms with Crippen molar-refractivity contribution in [2.45, 2.75) is 25.3 Å². The third kappa shape index (κ3) is 8.60. The number of guanidine groups is 1. The number of benzene rings is 1. The highest BCUT2D eigenvalue weighted by Crippen LogP contribution is 2.18. The fraction of sp³-hybridized carbons (Fsp3) is 0.450. The molecule has 0 saturated heterocycles. The van der Waals surface area contributed by atoms with Crippen LogP contribution in [0, 0.1) is 5.82 Å². The van der Waals surface area contributed by atoms with E-state index in [2.05, 4.69) is 15.6 Å². The molecule has 30 heavy (non-hydrogen) atoms. The molecule has 1 aromatic carbocycles. The van der Waals surface area contributed by atoms with E-state index in [0.717, 1.165) is 12.0 Å². The van der Waals surface area contributed by atoms with Crippen LogP contribution in [0.4, 0.5) is 4.39 Å². The average Bonchev–Trinajstić information content (AvgIpc) is 3.14. The molecule has 2 aromatic rings. The van der Waals surface area contributed by atoms with Gasteiger partial charge in [0, 0.05) is 19.3 Å². The zero-order valence-corrected chi connectivity index (χ0v) is 20.8. The first kappa shape index (κ1) is 26.4. The summed E-state index contributed by atoms with van der Waals surface area (Å²) in [5.41, 5.74) is 1.10. The zero-order chi connectivity index (χ0) is 21.4. The molecule has 0 bridgehead atoms. The smallest absolute Gasteiger partial charge is 0.191 e. The van der Waals surface area contributed by atoms with Crippen molar-refractivity contribution in [3.05, 3.63) is 59.3 Å². The topological polar surface area (TPSA) is 86.9 Å². The second-order valence-corrected chi connectivity index (χ2v) is 9.19. The van der Waals surface area contributed by atoms with E-state index in [9.17, 15) is 12.8 Å². The van der Waals surface area contributed by atoms with E-state index in [-0.39, 0.29) is 42.3 Å². The Morgan fingerprint density at radius 1 is 1.23 bits per heavy atom. The van der Waals surface area contributed by atoms with Crippen LogP contribution in [0.5, 0.6) is 0 Å². The quantitative estimate of drug-likeness (QED) is 0.283. The molecule has 1 atom stereocenters. The van der Waals surface area contributed by atoms with Gasteiger partial charge in [-0.15, -0.1) is 24.0 Å². The first-order valence-electron chi connectivity index (χ1n) is 9.36. The van der Waals surface area contributed by atoms with Gasteiger partial charge in [0.05, 0.1) is 24.6 Å². The molecule has 0 aliphatic carbocycles. The van der Waals surface area contributed by atoms with Crippen molar-refractivity contribution in [3.63, 3.8) is 0 Å². The lowest BCUT2D eigenvalue weighted by molar-refractivity contribution is 0.258. The number of aliphatic imine (C=N–C) groups is 1. The van der Waals surface area contributed by atoms with Crippen LogP contribution < -0.4 is 10.6 Å². The third-order valence-electron chi connectivity index (χ3n) is 4.30. The summed E-state index contributed by atoms with van der Waals surface area (Å²) in [4.78, 5) is 6.55. The summed E-state index contributed by atoms with van der Waals surface area (Å²) in [5.74, 6) is 0.818. The number of likely N-dealkylation sites (N-methyl/N-ethyl adjacent to an activating group) is 1. The van der Waals surface area contributed by atoms with Gasteiger partial charge in [-0.25, -0.2) is 17.8 Å². The molecule has 0 aliphatic heterocycles. The van der Waals surface area contributed by atoms with Gasteiger partial charge in [-0.2, -0.15) is 0 Å². The summed E-state index contributed by atoms with van der Waals surface area (Å²) in [6, 6.07) is 7.87. The summed E-state index contributed by atoms with van der Waals surface area (Å²) < 4.78 is 42.5. The van der Waals surface area contributed by atoms with Gasteiger partial charge in [0.25, 0.3) is 0 Å². The van der Waals surface area contributed by atoms with Crippen LogP contribution in [0.3, 0.4) is 0 Å². The van der Waals surface area contributed by atoms with Gasteiger partial charge < -0.3 is 15.1 Å². The molecule has 0 radical (unpaired) electrons. The van der Waals surface area contributed by atoms with Crippen molar-refractivity contribution >= 4 is 39.8 Å². The highest BCUT2D eigenvalue weighted by molar-refractivity contribution is 14.0. The predicted octanol–water partition coefficient (Wildman–Crippen LogP) is 2.94. The minimum atomic E-state index is -3.24. The third-order valence-corrected chi connectivity index (χ3v) is 5.13. The SMILES string of the molecule is CCNC(=NCc1cc(F)ccc1CS(C)(=O)=O)NCC(c1ccco1)N(C)C.I. The predicted molar refractivity (Wildman–Crippen MR) is 128 cm³/mol. The number of nitrogens with zero attached hydrogens (tertiary/aromatic N) is 2. The van der Waals surface area contributed by atoms with E-state index >= 15 is 0 Å². The van der Waals surface area contributed by atoms with Gasteiger partial charge in [0.1, 0.15) is 11.6 Å². The lowest BCUT2D eigenvalue weighted by Gasteiger charge is -2.23. The lowest BCUT2D eigenvalue weighted by atomic mass is 10.1. The van der Waals surface area contributed by atoms with Gasteiger partial charge in [-0.05, 0) is 56.4 Å². The van der Waals surface area contributed by atoms with Crippen LogP contribution in [0.1, 0.15) is 29.9 Å². The van der Waals surface area contributed by atoms with Gasteiger partial charge in [-0.1, -0.05) is 6.07 Å². The lowest BCUT2D eigenvalue weighted by Crippen LogP contribution is -2.41. The summed E-state index contributed by atoms with van der Waals surface area (Å²) in [7, 11) is 0.687. The minimum absolute atomic E-state index is 0. The monoisotopic (exact) mass is 552 g/mol. The molecular formula is C20H30FIN4O3S. The Labute approximate surface area is 195 Å². The molecule has 0 saturated carbocycles. The Morgan fingerprint density at radius 2 is 1.97 bits per heavy atom. The number of rotatable bonds is 9. The summed E-state index contributed by atoms with van der Waals surface area (Å²) in [5, 5.41) is 6.42. The minimum Gasteiger partial charge on any atom is -0.468 e. The zero-order valence-electron chi connectivity index (χ0n) is 17.7. The Hall–Kier alpha value is -1.66. The van der Waals surface area contributed by atoms with E-state index in [4.69, 9.17) is 4.42 Å². The Morgan fingerprint density at radius 3 is 2.53 bits per heavy atom. The fourth-order valence-corrected chi connectivity index (χ4v) is 3.73. The average molecular weight is 552 g/mol. The molecule has 1 heterocycles. The molecule has 10 heteroatoms. The van der Waals surface area contributed by atoms with Crippen LogP contribution in [-0.2, 0) is 22.1 Å². The van der Waals surface area contributed by atoms with Crippen molar-refractivity contribution < 1.29 is 17.2 Å². The molecule has 2 rings (SSSR count). The van der Waals surface area contributed by atoms with E-state index in [1.165, 1.54) is 18.2 Å². The number of halogens is 2. The molecule has 0 amide bonds. The second-order valence-electron chi connectivity index (χ2n) is 7.05. The Bertz CT molecular complexity index is 918. The molecule has 168 valence electrons. The molecule has 1 unspecified atom stereocenters. The highest BCUT2D eigenvalue weighted by atomic mass is 127. The number of hydrogen-bond donors (Lipinski definition) is 2. The van der Waals surface area contributed by atoms with Crippen molar-refractivity contribution in [3.8, 4) is 0 Å². The Kier molecular flexibility index (Phi) is 10.8. The van der Waals surface area contributed by atoms with Gasteiger partial charge >= 0.3 is 0 Å². The normalized spacial score (nSPS) is 13.1.